The number of carboxylic acids is 1. The number of aliphatic hydroxyl groups is 16. The molecule has 0 bridgehead atoms. The molecule has 26 atom stereocenters. The number of aliphatic hydroxyl groups excluding tert-OH is 16. The number of amides is 2. The summed E-state index contributed by atoms with van der Waals surface area (Å²) in [5, 5.41) is 184. The summed E-state index contributed by atoms with van der Waals surface area (Å²) in [5.74, 6) is -6.77. The van der Waals surface area contributed by atoms with E-state index in [0.717, 1.165) is 13.8 Å². The van der Waals surface area contributed by atoms with Crippen molar-refractivity contribution in [2.24, 2.45) is 0 Å². The smallest absolute Gasteiger partial charge is 0.364 e. The molecule has 0 spiro atoms. The van der Waals surface area contributed by atoms with E-state index in [1.165, 1.54) is 0 Å². The molecule has 394 valence electrons. The van der Waals surface area contributed by atoms with E-state index in [1.807, 2.05) is 0 Å². The molecule has 5 rings (SSSR count). The van der Waals surface area contributed by atoms with Gasteiger partial charge in [0.15, 0.2) is 25.2 Å². The van der Waals surface area contributed by atoms with Crippen LogP contribution in [0.25, 0.3) is 0 Å². The molecule has 5 heterocycles. The van der Waals surface area contributed by atoms with E-state index in [1.54, 1.807) is 0 Å². The third-order valence-electron chi connectivity index (χ3n) is 12.1. The molecule has 0 saturated carbocycles. The first-order valence-electron chi connectivity index (χ1n) is 21.2. The summed E-state index contributed by atoms with van der Waals surface area (Å²) in [5.41, 5.74) is 0. The van der Waals surface area contributed by atoms with E-state index >= 15 is 0 Å². The van der Waals surface area contributed by atoms with Gasteiger partial charge in [-0.1, -0.05) is 0 Å². The first-order chi connectivity index (χ1) is 31.9. The van der Waals surface area contributed by atoms with E-state index < -0.39 is 216 Å². The number of nitrogens with one attached hydrogen (secondary N) is 2. The molecule has 31 heteroatoms. The van der Waals surface area contributed by atoms with Gasteiger partial charge in [0.1, 0.15) is 116 Å². The van der Waals surface area contributed by atoms with E-state index in [9.17, 15) is 101 Å². The zero-order valence-electron chi connectivity index (χ0n) is 36.2. The van der Waals surface area contributed by atoms with Crippen molar-refractivity contribution >= 4 is 17.8 Å². The van der Waals surface area contributed by atoms with Gasteiger partial charge >= 0.3 is 5.97 Å². The maximum absolute atomic E-state index is 13.0. The topological polar surface area (TPSA) is 502 Å². The van der Waals surface area contributed by atoms with Crippen molar-refractivity contribution in [3.05, 3.63) is 0 Å². The van der Waals surface area contributed by atoms with Crippen molar-refractivity contribution in [1.29, 1.82) is 0 Å². The van der Waals surface area contributed by atoms with E-state index in [4.69, 9.17) is 42.6 Å². The van der Waals surface area contributed by atoms with Gasteiger partial charge in [-0.3, -0.25) is 9.59 Å². The number of hydrogen-bond acceptors (Lipinski definition) is 28. The van der Waals surface area contributed by atoms with Crippen LogP contribution in [0.4, 0.5) is 0 Å². The predicted octanol–water partition coefficient (Wildman–Crippen LogP) is -12.4. The molecular weight excluding hydrogens is 936 g/mol. The molecule has 68 heavy (non-hydrogen) atoms. The summed E-state index contributed by atoms with van der Waals surface area (Å²) in [4.78, 5) is 37.7. The van der Waals surface area contributed by atoms with Crippen LogP contribution in [0.3, 0.4) is 0 Å². The van der Waals surface area contributed by atoms with Crippen molar-refractivity contribution in [2.75, 3.05) is 33.0 Å². The summed E-state index contributed by atoms with van der Waals surface area (Å²) < 4.78 is 50.9. The fourth-order valence-corrected chi connectivity index (χ4v) is 8.43. The number of aliphatic carboxylic acids is 1. The highest BCUT2D eigenvalue weighted by Crippen LogP contribution is 2.38. The summed E-state index contributed by atoms with van der Waals surface area (Å²) in [6, 6.07) is -3.49. The Labute approximate surface area is 384 Å². The molecule has 2 amide bonds. The fourth-order valence-electron chi connectivity index (χ4n) is 8.43. The standard InChI is InChI=1S/C37H62N2O29/c1-9(44)38-17-11(46)3-37(36(58)59,68-31(17)19(48)12(47)4-40)60-8-16-21(50)30(67-34-26(55)22(51)20(49)13(5-41)62-34)18(39-10(2)45)33(64-16)65-29-15(7-43)63-35(27(56)24(29)53)66-28-14(6-42)61-32(57)25(54)23(28)52/h11-35,40-43,46-57H,3-8H2,1-2H3,(H,38,44)(H,39,45)(H,58,59)/t11-,12+,13+,14+,15+,16+,17+,18+,19+,20-,21-,22-,23+,24+,25+,26+,27+,28+,29-,30+,31+,32+,33-,34-,35-,37+/m0/s1. The third-order valence-corrected chi connectivity index (χ3v) is 12.1. The third kappa shape index (κ3) is 12.0. The molecular formula is C37H62N2O29. The average Bonchev–Trinajstić information content (AvgIpc) is 3.29. The Balaban J connectivity index is 1.49. The van der Waals surface area contributed by atoms with Crippen LogP contribution in [0.2, 0.25) is 0 Å². The van der Waals surface area contributed by atoms with Crippen LogP contribution >= 0.6 is 0 Å². The average molecular weight is 999 g/mol. The second-order valence-electron chi connectivity index (χ2n) is 16.9. The molecule has 0 unspecified atom stereocenters. The lowest BCUT2D eigenvalue weighted by Crippen LogP contribution is -2.71. The highest BCUT2D eigenvalue weighted by Gasteiger charge is 2.59. The monoisotopic (exact) mass is 998 g/mol. The minimum absolute atomic E-state index is 0.804. The Morgan fingerprint density at radius 3 is 1.62 bits per heavy atom. The van der Waals surface area contributed by atoms with Crippen LogP contribution < -0.4 is 10.6 Å². The van der Waals surface area contributed by atoms with Crippen LogP contribution in [0.5, 0.6) is 0 Å². The van der Waals surface area contributed by atoms with Gasteiger partial charge in [-0.15, -0.1) is 0 Å². The molecule has 31 nitrogen and oxygen atoms in total. The quantitative estimate of drug-likeness (QED) is 0.0606. The predicted molar refractivity (Wildman–Crippen MR) is 207 cm³/mol. The normalized spacial score (nSPS) is 46.6. The Bertz CT molecular complexity index is 1650. The minimum Gasteiger partial charge on any atom is -0.477 e. The van der Waals surface area contributed by atoms with Crippen LogP contribution in [0, 0.1) is 0 Å². The SMILES string of the molecule is CC(=O)N[C@H]1[C@H](O[C@@H]2[C@H](O)[C@@H](O)[C@H](O[C@H]3[C@H](O)[C@@H](O)[C@H](O)O[C@@H]3CO)O[C@@H]2CO)O[C@H](CO[C@]2(C(=O)O)C[C@H](O)[C@@H](NC(C)=O)[C@H]([C@H](O)[C@H](O)CO)O2)[C@H](O)[C@@H]1O[C@@H]1O[C@H](CO)[C@H](O)[C@H](O)[C@H]1O. The maximum atomic E-state index is 13.0. The van der Waals surface area contributed by atoms with E-state index in [2.05, 4.69) is 10.6 Å². The highest BCUT2D eigenvalue weighted by molar-refractivity contribution is 5.76. The van der Waals surface area contributed by atoms with Crippen LogP contribution in [-0.2, 0) is 57.0 Å². The van der Waals surface area contributed by atoms with E-state index in [-0.39, 0.29) is 0 Å². The van der Waals surface area contributed by atoms with Gasteiger partial charge in [0.2, 0.25) is 11.8 Å². The molecule has 0 aromatic carbocycles. The molecule has 0 aliphatic carbocycles. The summed E-state index contributed by atoms with van der Waals surface area (Å²) >= 11 is 0. The number of ether oxygens (including phenoxy) is 9. The Morgan fingerprint density at radius 2 is 1.07 bits per heavy atom. The van der Waals surface area contributed by atoms with Gasteiger partial charge in [-0.05, 0) is 0 Å². The number of carboxylic acid groups (broad SMARTS) is 1. The largest absolute Gasteiger partial charge is 0.477 e. The zero-order valence-corrected chi connectivity index (χ0v) is 36.2. The molecule has 5 aliphatic heterocycles. The molecule has 5 saturated heterocycles. The van der Waals surface area contributed by atoms with Gasteiger partial charge < -0.3 is 140 Å². The van der Waals surface area contributed by atoms with Gasteiger partial charge in [-0.25, -0.2) is 4.79 Å². The molecule has 5 aliphatic rings. The van der Waals surface area contributed by atoms with Crippen molar-refractivity contribution in [1.82, 2.24) is 10.6 Å². The Morgan fingerprint density at radius 1 is 0.588 bits per heavy atom. The summed E-state index contributed by atoms with van der Waals surface area (Å²) in [6.45, 7) is -3.28. The fraction of sp³-hybridized carbons (Fsp3) is 0.919. The number of carbonyl (C=O) groups is 3. The second-order valence-corrected chi connectivity index (χ2v) is 16.9. The van der Waals surface area contributed by atoms with Gasteiger partial charge in [0, 0.05) is 20.3 Å². The summed E-state index contributed by atoms with van der Waals surface area (Å²) in [7, 11) is 0. The lowest BCUT2D eigenvalue weighted by Gasteiger charge is -2.50. The Hall–Kier alpha value is -2.59. The van der Waals surface area contributed by atoms with Crippen molar-refractivity contribution in [3.63, 3.8) is 0 Å². The molecule has 0 aromatic rings. The zero-order chi connectivity index (χ0) is 50.7. The van der Waals surface area contributed by atoms with Gasteiger partial charge in [0.05, 0.1) is 45.2 Å². The molecule has 5 fully saturated rings. The molecule has 19 N–H and O–H groups in total. The van der Waals surface area contributed by atoms with Gasteiger partial charge in [-0.2, -0.15) is 0 Å². The van der Waals surface area contributed by atoms with Crippen molar-refractivity contribution < 1.29 is 144 Å². The maximum Gasteiger partial charge on any atom is 0.364 e. The lowest BCUT2D eigenvalue weighted by molar-refractivity contribution is -0.382. The van der Waals surface area contributed by atoms with Crippen LogP contribution in [0.1, 0.15) is 20.3 Å². The lowest BCUT2D eigenvalue weighted by atomic mass is 9.88. The van der Waals surface area contributed by atoms with Crippen molar-refractivity contribution in [3.8, 4) is 0 Å². The second kappa shape index (κ2) is 23.8. The first-order valence-corrected chi connectivity index (χ1v) is 21.2. The first kappa shape index (κ1) is 56.3. The molecule has 0 radical (unpaired) electrons. The van der Waals surface area contributed by atoms with Crippen LogP contribution in [0.15, 0.2) is 0 Å². The van der Waals surface area contributed by atoms with Crippen molar-refractivity contribution in [2.45, 2.75) is 179 Å². The minimum atomic E-state index is -3.05. The number of rotatable bonds is 18. The van der Waals surface area contributed by atoms with E-state index in [0.29, 0.717) is 0 Å². The number of hydrogen-bond donors (Lipinski definition) is 19. The number of carbonyl (C=O) groups excluding carboxylic acids is 2. The van der Waals surface area contributed by atoms with Gasteiger partial charge in [0.25, 0.3) is 5.79 Å². The summed E-state index contributed by atoms with van der Waals surface area (Å²) in [6.07, 6.45) is -46.8. The highest BCUT2D eigenvalue weighted by atomic mass is 16.8. The Kier molecular flexibility index (Phi) is 19.7. The molecule has 0 aromatic heterocycles. The van der Waals surface area contributed by atoms with Crippen LogP contribution in [-0.4, -0.2) is 297 Å².